The lowest BCUT2D eigenvalue weighted by Crippen LogP contribution is -2.53. The molecule has 1 fully saturated rings. The predicted molar refractivity (Wildman–Crippen MR) is 88.0 cm³/mol. The molecule has 1 heterocycles. The van der Waals surface area contributed by atoms with Gasteiger partial charge in [0.2, 0.25) is 5.91 Å². The molecule has 0 N–H and O–H groups in total. The number of rotatable bonds is 5. The number of hydrogen-bond donors (Lipinski definition) is 0. The van der Waals surface area contributed by atoms with Crippen molar-refractivity contribution in [3.8, 4) is 0 Å². The summed E-state index contributed by atoms with van der Waals surface area (Å²) in [5.74, 6) is -1.11. The fourth-order valence-electron chi connectivity index (χ4n) is 2.53. The lowest BCUT2D eigenvalue weighted by Gasteiger charge is -2.39. The first-order valence-corrected chi connectivity index (χ1v) is 7.13. The van der Waals surface area contributed by atoms with E-state index in [4.69, 9.17) is 9.60 Å². The fraction of sp³-hybridized carbons (Fsp3) is 0.500. The van der Waals surface area contributed by atoms with Crippen LogP contribution in [0.25, 0.3) is 6.08 Å². The molecule has 1 atom stereocenters. The van der Waals surface area contributed by atoms with Gasteiger partial charge in [-0.3, -0.25) is 9.69 Å². The molecule has 3 heteroatoms. The Morgan fingerprint density at radius 2 is 2.24 bits per heavy atom. The van der Waals surface area contributed by atoms with E-state index in [1.807, 2.05) is 42.5 Å². The van der Waals surface area contributed by atoms with Crippen LogP contribution in [0.4, 0.5) is 0 Å². The number of nitrogens with zero attached hydrogens (tertiary/aromatic N) is 2. The lowest BCUT2D eigenvalue weighted by molar-refractivity contribution is -0.135. The van der Waals surface area contributed by atoms with Gasteiger partial charge in [-0.25, -0.2) is 0 Å². The second-order valence-corrected chi connectivity index (χ2v) is 5.17. The summed E-state index contributed by atoms with van der Waals surface area (Å²) in [5, 5.41) is 0. The first kappa shape index (κ1) is 8.74. The first-order chi connectivity index (χ1) is 12.9. The Balaban J connectivity index is 1.99. The van der Waals surface area contributed by atoms with Crippen LogP contribution in [0.1, 0.15) is 41.7 Å². The molecule has 0 spiro atoms. The van der Waals surface area contributed by atoms with E-state index in [0.717, 1.165) is 5.56 Å². The summed E-state index contributed by atoms with van der Waals surface area (Å²) >= 11 is 0. The van der Waals surface area contributed by atoms with Crippen LogP contribution in [0.3, 0.4) is 0 Å². The summed E-state index contributed by atoms with van der Waals surface area (Å²) in [6.07, 6.45) is -2.38. The van der Waals surface area contributed by atoms with Crippen molar-refractivity contribution in [2.24, 2.45) is 0 Å². The van der Waals surface area contributed by atoms with Crippen molar-refractivity contribution in [2.75, 3.05) is 26.2 Å². The van der Waals surface area contributed by atoms with Gasteiger partial charge in [-0.15, -0.1) is 0 Å². The molecule has 2 rings (SSSR count). The molecule has 1 aliphatic rings. The zero-order valence-electron chi connectivity index (χ0n) is 19.2. The van der Waals surface area contributed by atoms with Crippen LogP contribution in [0.5, 0.6) is 0 Å². The van der Waals surface area contributed by atoms with Gasteiger partial charge in [0.25, 0.3) is 0 Å². The fourth-order valence-corrected chi connectivity index (χ4v) is 2.53. The molecule has 3 nitrogen and oxygen atoms in total. The Hall–Kier alpha value is -1.61. The number of hydrogen-bond acceptors (Lipinski definition) is 2. The van der Waals surface area contributed by atoms with E-state index in [2.05, 4.69) is 4.90 Å². The molecule has 0 aromatic heterocycles. The van der Waals surface area contributed by atoms with Crippen molar-refractivity contribution in [2.45, 2.75) is 32.6 Å². The highest BCUT2D eigenvalue weighted by Gasteiger charge is 2.25. The van der Waals surface area contributed by atoms with Gasteiger partial charge in [-0.1, -0.05) is 49.3 Å². The van der Waals surface area contributed by atoms with Crippen LogP contribution < -0.4 is 0 Å². The average Bonchev–Trinajstić information content (AvgIpc) is 2.61. The summed E-state index contributed by atoms with van der Waals surface area (Å²) in [5.41, 5.74) is 1.09. The van der Waals surface area contributed by atoms with Gasteiger partial charge in [0.05, 0.1) is 0 Å². The standard InChI is InChI=1S/C18H26N2O/c1-3-8-18(21)20-14-13-19(15-16(20)2)12-7-11-17-9-5-4-6-10-17/h4-7,9-11,16H,3,8,12-15H2,1-2H3/i1D3,3D2,8D2. The van der Waals surface area contributed by atoms with E-state index < -0.39 is 25.5 Å². The maximum Gasteiger partial charge on any atom is 0.222 e. The topological polar surface area (TPSA) is 23.6 Å². The number of piperazine rings is 1. The zero-order valence-corrected chi connectivity index (χ0v) is 12.2. The average molecular weight is 293 g/mol. The van der Waals surface area contributed by atoms with Crippen LogP contribution >= 0.6 is 0 Å². The van der Waals surface area contributed by atoms with Crippen molar-refractivity contribution in [3.63, 3.8) is 0 Å². The predicted octanol–water partition coefficient (Wildman–Crippen LogP) is 3.03. The second-order valence-electron chi connectivity index (χ2n) is 5.17. The maximum absolute atomic E-state index is 12.7. The minimum absolute atomic E-state index is 0.218. The summed E-state index contributed by atoms with van der Waals surface area (Å²) in [4.78, 5) is 16.0. The third kappa shape index (κ3) is 4.71. The number of amides is 1. The number of carbonyl (C=O) groups is 1. The van der Waals surface area contributed by atoms with Gasteiger partial charge in [0.1, 0.15) is 0 Å². The highest BCUT2D eigenvalue weighted by molar-refractivity contribution is 5.76. The molecular weight excluding hydrogens is 260 g/mol. The quantitative estimate of drug-likeness (QED) is 0.833. The molecule has 1 amide bonds. The molecular formula is C18H26N2O. The normalized spacial score (nSPS) is 27.0. The number of benzene rings is 1. The summed E-state index contributed by atoms with van der Waals surface area (Å²) in [7, 11) is 0. The molecule has 1 unspecified atom stereocenters. The van der Waals surface area contributed by atoms with E-state index in [9.17, 15) is 4.79 Å². The van der Waals surface area contributed by atoms with E-state index in [0.29, 0.717) is 19.6 Å². The van der Waals surface area contributed by atoms with Crippen molar-refractivity contribution >= 4 is 12.0 Å². The number of carbonyl (C=O) groups excluding carboxylic acids is 1. The molecule has 21 heavy (non-hydrogen) atoms. The molecule has 0 bridgehead atoms. The molecule has 1 aliphatic heterocycles. The van der Waals surface area contributed by atoms with E-state index in [1.165, 1.54) is 4.90 Å². The van der Waals surface area contributed by atoms with Crippen LogP contribution in [-0.2, 0) is 4.79 Å². The molecule has 114 valence electrons. The monoisotopic (exact) mass is 293 g/mol. The minimum atomic E-state index is -3.27. The Labute approximate surface area is 138 Å². The van der Waals surface area contributed by atoms with Gasteiger partial charge in [0, 0.05) is 48.2 Å². The second kappa shape index (κ2) is 7.99. The van der Waals surface area contributed by atoms with E-state index in [-0.39, 0.29) is 12.6 Å². The molecule has 1 saturated heterocycles. The third-order valence-electron chi connectivity index (χ3n) is 3.62. The van der Waals surface area contributed by atoms with Crippen LogP contribution in [0.2, 0.25) is 0 Å². The largest absolute Gasteiger partial charge is 0.337 e. The van der Waals surface area contributed by atoms with Gasteiger partial charge in [-0.05, 0) is 18.9 Å². The summed E-state index contributed by atoms with van der Waals surface area (Å²) in [6, 6.07) is 9.50. The van der Waals surface area contributed by atoms with E-state index in [1.54, 1.807) is 6.92 Å². The van der Waals surface area contributed by atoms with Gasteiger partial charge >= 0.3 is 0 Å². The van der Waals surface area contributed by atoms with E-state index >= 15 is 0 Å². The van der Waals surface area contributed by atoms with Crippen LogP contribution in [0.15, 0.2) is 36.4 Å². The Morgan fingerprint density at radius 3 is 2.95 bits per heavy atom. The Morgan fingerprint density at radius 1 is 1.43 bits per heavy atom. The Kier molecular flexibility index (Phi) is 3.32. The molecule has 0 aliphatic carbocycles. The van der Waals surface area contributed by atoms with Gasteiger partial charge in [-0.2, -0.15) is 0 Å². The molecule has 0 saturated carbocycles. The minimum Gasteiger partial charge on any atom is -0.337 e. The van der Waals surface area contributed by atoms with Crippen molar-refractivity contribution in [1.82, 2.24) is 9.80 Å². The zero-order chi connectivity index (χ0) is 21.2. The SMILES string of the molecule is [2H]C([2H])([2H])C([2H])([2H])C([2H])([2H])C(=O)N1CCN(CC=Cc2ccccc2)CC1C. The van der Waals surface area contributed by atoms with Crippen LogP contribution in [-0.4, -0.2) is 47.9 Å². The van der Waals surface area contributed by atoms with Crippen molar-refractivity contribution < 1.29 is 14.4 Å². The molecule has 0 radical (unpaired) electrons. The van der Waals surface area contributed by atoms with Crippen molar-refractivity contribution in [1.29, 1.82) is 0 Å². The third-order valence-corrected chi connectivity index (χ3v) is 3.62. The Bertz CT molecular complexity index is 704. The highest BCUT2D eigenvalue weighted by atomic mass is 16.2. The maximum atomic E-state index is 12.7. The highest BCUT2D eigenvalue weighted by Crippen LogP contribution is 2.12. The lowest BCUT2D eigenvalue weighted by atomic mass is 10.1. The molecule has 1 aromatic carbocycles. The first-order valence-electron chi connectivity index (χ1n) is 10.6. The summed E-state index contributed by atoms with van der Waals surface area (Å²) in [6.45, 7) is 0.408. The van der Waals surface area contributed by atoms with Gasteiger partial charge in [0.15, 0.2) is 0 Å². The van der Waals surface area contributed by atoms with Crippen LogP contribution in [0, 0.1) is 0 Å². The van der Waals surface area contributed by atoms with Gasteiger partial charge < -0.3 is 4.90 Å². The molecule has 1 aromatic rings. The smallest absolute Gasteiger partial charge is 0.222 e. The van der Waals surface area contributed by atoms with Crippen molar-refractivity contribution in [3.05, 3.63) is 42.0 Å². The summed E-state index contributed by atoms with van der Waals surface area (Å²) < 4.78 is 52.9.